The van der Waals surface area contributed by atoms with Crippen molar-refractivity contribution in [3.8, 4) is 11.4 Å². The van der Waals surface area contributed by atoms with E-state index < -0.39 is 10.0 Å². The summed E-state index contributed by atoms with van der Waals surface area (Å²) in [6, 6.07) is 6.92. The second-order valence-corrected chi connectivity index (χ2v) is 10.2. The van der Waals surface area contributed by atoms with Crippen molar-refractivity contribution in [2.45, 2.75) is 42.5 Å². The van der Waals surface area contributed by atoms with Crippen molar-refractivity contribution in [3.63, 3.8) is 0 Å². The molecule has 4 rings (SSSR count). The largest absolute Gasteiger partial charge is 0.379 e. The number of nitrogens with zero attached hydrogens (tertiary/aromatic N) is 4. The second-order valence-electron chi connectivity index (χ2n) is 7.03. The molecule has 3 heterocycles. The van der Waals surface area contributed by atoms with Crippen LogP contribution in [0.25, 0.3) is 11.4 Å². The lowest BCUT2D eigenvalue weighted by molar-refractivity contribution is 0.0730. The number of rotatable bonds is 7. The fourth-order valence-corrected chi connectivity index (χ4v) is 5.69. The Hall–Kier alpha value is -1.46. The second kappa shape index (κ2) is 9.13. The summed E-state index contributed by atoms with van der Waals surface area (Å²) in [4.78, 5) is 0.288. The first-order valence-corrected chi connectivity index (χ1v) is 12.4. The summed E-state index contributed by atoms with van der Waals surface area (Å²) >= 11 is 1.65. The number of sulfonamides is 1. The zero-order valence-electron chi connectivity index (χ0n) is 16.5. The normalized spacial score (nSPS) is 20.9. The molecule has 2 saturated heterocycles. The minimum atomic E-state index is -3.51. The van der Waals surface area contributed by atoms with Crippen molar-refractivity contribution >= 4 is 21.8 Å². The van der Waals surface area contributed by atoms with E-state index in [2.05, 4.69) is 21.7 Å². The third kappa shape index (κ3) is 4.51. The Morgan fingerprint density at radius 2 is 1.90 bits per heavy atom. The highest BCUT2D eigenvalue weighted by Gasteiger charge is 2.27. The van der Waals surface area contributed by atoms with E-state index in [1.54, 1.807) is 23.9 Å². The van der Waals surface area contributed by atoms with Crippen molar-refractivity contribution in [2.24, 2.45) is 0 Å². The molecule has 8 nitrogen and oxygen atoms in total. The molecule has 2 fully saturated rings. The lowest BCUT2D eigenvalue weighted by Gasteiger charge is -2.26. The van der Waals surface area contributed by atoms with E-state index in [4.69, 9.17) is 9.47 Å². The van der Waals surface area contributed by atoms with Crippen molar-refractivity contribution in [1.29, 1.82) is 0 Å². The Morgan fingerprint density at radius 3 is 2.55 bits per heavy atom. The zero-order chi connectivity index (χ0) is 20.3. The topological polar surface area (TPSA) is 86.5 Å². The van der Waals surface area contributed by atoms with E-state index >= 15 is 0 Å². The molecule has 0 N–H and O–H groups in total. The van der Waals surface area contributed by atoms with E-state index in [0.717, 1.165) is 41.7 Å². The van der Waals surface area contributed by atoms with Gasteiger partial charge in [0.15, 0.2) is 11.0 Å². The molecular weight excluding hydrogens is 412 g/mol. The number of morpholine rings is 1. The number of benzene rings is 1. The maximum absolute atomic E-state index is 12.8. The summed E-state index contributed by atoms with van der Waals surface area (Å²) < 4.78 is 40.3. The van der Waals surface area contributed by atoms with Gasteiger partial charge >= 0.3 is 0 Å². The zero-order valence-corrected chi connectivity index (χ0v) is 18.1. The fourth-order valence-electron chi connectivity index (χ4n) is 3.61. The van der Waals surface area contributed by atoms with Crippen LogP contribution in [0.4, 0.5) is 0 Å². The molecule has 2 aliphatic rings. The molecule has 0 radical (unpaired) electrons. The number of aromatic nitrogens is 3. The third-order valence-corrected chi connectivity index (χ3v) is 7.88. The molecule has 0 bridgehead atoms. The predicted molar refractivity (Wildman–Crippen MR) is 110 cm³/mol. The minimum absolute atomic E-state index is 0.168. The van der Waals surface area contributed by atoms with Crippen LogP contribution in [0.3, 0.4) is 0 Å². The maximum Gasteiger partial charge on any atom is 0.243 e. The fraction of sp³-hybridized carbons (Fsp3) is 0.579. The number of ether oxygens (including phenoxy) is 2. The Morgan fingerprint density at radius 1 is 1.14 bits per heavy atom. The smallest absolute Gasteiger partial charge is 0.243 e. The van der Waals surface area contributed by atoms with Crippen LogP contribution in [-0.4, -0.2) is 72.3 Å². The first-order chi connectivity index (χ1) is 14.1. The standard InChI is InChI=1S/C19H26N4O4S2/c1-2-28-19-21-20-18(23(19)14-16-4-3-11-27-16)15-5-7-17(8-6-15)29(24,25)22-9-12-26-13-10-22/h5-8,16H,2-4,9-14H2,1H3/t16-/m0/s1. The number of thioether (sulfide) groups is 1. The van der Waals surface area contributed by atoms with Crippen LogP contribution >= 0.6 is 11.8 Å². The quantitative estimate of drug-likeness (QED) is 0.613. The molecular formula is C19H26N4O4S2. The van der Waals surface area contributed by atoms with Crippen molar-refractivity contribution in [2.75, 3.05) is 38.7 Å². The average molecular weight is 439 g/mol. The van der Waals surface area contributed by atoms with Crippen LogP contribution in [-0.2, 0) is 26.0 Å². The summed E-state index contributed by atoms with van der Waals surface area (Å²) in [7, 11) is -3.51. The Balaban J connectivity index is 1.60. The van der Waals surface area contributed by atoms with E-state index in [9.17, 15) is 8.42 Å². The van der Waals surface area contributed by atoms with Gasteiger partial charge in [-0.15, -0.1) is 10.2 Å². The van der Waals surface area contributed by atoms with Crippen molar-refractivity contribution < 1.29 is 17.9 Å². The Labute approximate surface area is 175 Å². The van der Waals surface area contributed by atoms with Gasteiger partial charge in [0.25, 0.3) is 0 Å². The van der Waals surface area contributed by atoms with Gasteiger partial charge in [0.05, 0.1) is 30.8 Å². The van der Waals surface area contributed by atoms with Crippen LogP contribution in [0.15, 0.2) is 34.3 Å². The number of hydrogen-bond acceptors (Lipinski definition) is 7. The lowest BCUT2D eigenvalue weighted by Crippen LogP contribution is -2.40. The molecule has 1 aromatic carbocycles. The third-order valence-electron chi connectivity index (χ3n) is 5.12. The van der Waals surface area contributed by atoms with Gasteiger partial charge in [-0.05, 0) is 42.9 Å². The van der Waals surface area contributed by atoms with Gasteiger partial charge in [0.1, 0.15) is 0 Å². The molecule has 158 valence electrons. The molecule has 0 amide bonds. The molecule has 1 aromatic heterocycles. The molecule has 0 aliphatic carbocycles. The van der Waals surface area contributed by atoms with E-state index in [0.29, 0.717) is 32.8 Å². The van der Waals surface area contributed by atoms with Crippen molar-refractivity contribution in [1.82, 2.24) is 19.1 Å². The first-order valence-electron chi connectivity index (χ1n) is 9.95. The van der Waals surface area contributed by atoms with Gasteiger partial charge in [0.2, 0.25) is 10.0 Å². The monoisotopic (exact) mass is 438 g/mol. The molecule has 2 aliphatic heterocycles. The highest BCUT2D eigenvalue weighted by atomic mass is 32.2. The van der Waals surface area contributed by atoms with Crippen LogP contribution in [0.2, 0.25) is 0 Å². The molecule has 29 heavy (non-hydrogen) atoms. The van der Waals surface area contributed by atoms with Crippen LogP contribution in [0, 0.1) is 0 Å². The highest BCUT2D eigenvalue weighted by molar-refractivity contribution is 7.99. The van der Waals surface area contributed by atoms with Gasteiger partial charge in [-0.25, -0.2) is 8.42 Å². The summed E-state index contributed by atoms with van der Waals surface area (Å²) in [5.41, 5.74) is 0.847. The van der Waals surface area contributed by atoms with Crippen LogP contribution in [0.1, 0.15) is 19.8 Å². The van der Waals surface area contributed by atoms with Crippen LogP contribution in [0.5, 0.6) is 0 Å². The van der Waals surface area contributed by atoms with Gasteiger partial charge in [-0.2, -0.15) is 4.31 Å². The Kier molecular flexibility index (Phi) is 6.55. The summed E-state index contributed by atoms with van der Waals surface area (Å²) in [6.07, 6.45) is 2.28. The predicted octanol–water partition coefficient (Wildman–Crippen LogP) is 2.26. The lowest BCUT2D eigenvalue weighted by atomic mass is 10.2. The molecule has 2 aromatic rings. The highest BCUT2D eigenvalue weighted by Crippen LogP contribution is 2.28. The molecule has 1 atom stereocenters. The molecule has 0 spiro atoms. The van der Waals surface area contributed by atoms with Gasteiger partial charge < -0.3 is 9.47 Å². The average Bonchev–Trinajstić information content (AvgIpc) is 3.40. The molecule has 10 heteroatoms. The maximum atomic E-state index is 12.8. The summed E-state index contributed by atoms with van der Waals surface area (Å²) in [5.74, 6) is 1.65. The van der Waals surface area contributed by atoms with Crippen molar-refractivity contribution in [3.05, 3.63) is 24.3 Å². The molecule has 0 unspecified atom stereocenters. The van der Waals surface area contributed by atoms with Gasteiger partial charge in [0, 0.05) is 25.3 Å². The van der Waals surface area contributed by atoms with E-state index in [1.807, 2.05) is 12.1 Å². The SMILES string of the molecule is CCSc1nnc(-c2ccc(S(=O)(=O)N3CCOCC3)cc2)n1C[C@@H]1CCCO1. The Bertz CT molecular complexity index is 918. The first kappa shape index (κ1) is 20.8. The van der Waals surface area contributed by atoms with E-state index in [1.165, 1.54) is 4.31 Å². The molecule has 0 saturated carbocycles. The number of hydrogen-bond donors (Lipinski definition) is 0. The van der Waals surface area contributed by atoms with Gasteiger partial charge in [-0.3, -0.25) is 4.57 Å². The van der Waals surface area contributed by atoms with E-state index in [-0.39, 0.29) is 11.0 Å². The van der Waals surface area contributed by atoms with Crippen LogP contribution < -0.4 is 0 Å². The minimum Gasteiger partial charge on any atom is -0.379 e. The summed E-state index contributed by atoms with van der Waals surface area (Å²) in [6.45, 7) is 5.23. The summed E-state index contributed by atoms with van der Waals surface area (Å²) in [5, 5.41) is 9.60. The van der Waals surface area contributed by atoms with Gasteiger partial charge in [-0.1, -0.05) is 18.7 Å².